The van der Waals surface area contributed by atoms with Crippen LogP contribution in [0.25, 0.3) is 0 Å². The molecule has 4 aromatic rings. The van der Waals surface area contributed by atoms with Crippen molar-refractivity contribution in [2.24, 2.45) is 0 Å². The van der Waals surface area contributed by atoms with E-state index in [-0.39, 0.29) is 35.2 Å². The largest absolute Gasteiger partial charge is 0.497 e. The van der Waals surface area contributed by atoms with E-state index >= 15 is 0 Å². The average Bonchev–Trinajstić information content (AvgIpc) is 3.08. The maximum atomic E-state index is 14.5. The Bertz CT molecular complexity index is 1670. The maximum Gasteiger partial charge on any atom is 0.264 e. The molecule has 1 atom stereocenters. The fourth-order valence-electron chi connectivity index (χ4n) is 4.96. The van der Waals surface area contributed by atoms with Crippen molar-refractivity contribution in [3.63, 3.8) is 0 Å². The highest BCUT2D eigenvalue weighted by Crippen LogP contribution is 2.32. The fourth-order valence-corrected chi connectivity index (χ4v) is 6.40. The average molecular weight is 630 g/mol. The van der Waals surface area contributed by atoms with Gasteiger partial charge in [-0.1, -0.05) is 79.7 Å². The molecular formula is C35H39N3O6S. The molecule has 1 N–H and O–H groups in total. The van der Waals surface area contributed by atoms with Crippen molar-refractivity contribution in [2.45, 2.75) is 37.2 Å². The van der Waals surface area contributed by atoms with Gasteiger partial charge < -0.3 is 19.7 Å². The molecule has 4 aromatic carbocycles. The molecule has 9 nitrogen and oxygen atoms in total. The second-order valence-electron chi connectivity index (χ2n) is 10.4. The van der Waals surface area contributed by atoms with Crippen molar-refractivity contribution >= 4 is 27.5 Å². The molecule has 0 aliphatic heterocycles. The fraction of sp³-hybridized carbons (Fsp3) is 0.257. The van der Waals surface area contributed by atoms with Crippen molar-refractivity contribution in [2.75, 3.05) is 31.6 Å². The highest BCUT2D eigenvalue weighted by atomic mass is 32.2. The minimum Gasteiger partial charge on any atom is -0.497 e. The van der Waals surface area contributed by atoms with Gasteiger partial charge in [-0.05, 0) is 53.9 Å². The Morgan fingerprint density at radius 1 is 0.800 bits per heavy atom. The summed E-state index contributed by atoms with van der Waals surface area (Å²) in [5.41, 5.74) is 1.78. The zero-order valence-corrected chi connectivity index (χ0v) is 26.6. The van der Waals surface area contributed by atoms with Crippen LogP contribution >= 0.6 is 0 Å². The van der Waals surface area contributed by atoms with Crippen LogP contribution in [0.5, 0.6) is 11.5 Å². The summed E-state index contributed by atoms with van der Waals surface area (Å²) in [6.45, 7) is 1.85. The number of rotatable bonds is 15. The second kappa shape index (κ2) is 15.8. The summed E-state index contributed by atoms with van der Waals surface area (Å²) in [5, 5.41) is 2.95. The standard InChI is InChI=1S/C35H39N3O6S/c1-4-22-36-35(40)32(24-27-14-7-5-8-15-27)37(25-28-16-13-17-29(23-28)43-2)34(39)26-38(31-20-11-12-21-33(31)44-3)45(41,42)30-18-9-6-10-19-30/h5-21,23,32H,4,22,24-26H2,1-3H3,(H,36,40). The lowest BCUT2D eigenvalue weighted by atomic mass is 10.0. The molecule has 0 fully saturated rings. The minimum atomic E-state index is -4.23. The first kappa shape index (κ1) is 33.1. The number of ether oxygens (including phenoxy) is 2. The smallest absolute Gasteiger partial charge is 0.264 e. The zero-order valence-electron chi connectivity index (χ0n) is 25.8. The van der Waals surface area contributed by atoms with Gasteiger partial charge in [-0.25, -0.2) is 8.42 Å². The Kier molecular flexibility index (Phi) is 11.6. The Hall–Kier alpha value is -4.83. The van der Waals surface area contributed by atoms with E-state index in [4.69, 9.17) is 9.47 Å². The minimum absolute atomic E-state index is 0.0181. The normalized spacial score (nSPS) is 11.7. The maximum absolute atomic E-state index is 14.5. The monoisotopic (exact) mass is 629 g/mol. The predicted octanol–water partition coefficient (Wildman–Crippen LogP) is 5.07. The molecule has 0 saturated carbocycles. The first-order chi connectivity index (χ1) is 21.8. The Morgan fingerprint density at radius 2 is 1.44 bits per heavy atom. The lowest BCUT2D eigenvalue weighted by molar-refractivity contribution is -0.140. The molecule has 0 bridgehead atoms. The lowest BCUT2D eigenvalue weighted by Crippen LogP contribution is -2.53. The number of carbonyl (C=O) groups excluding carboxylic acids is 2. The molecule has 2 amide bonds. The van der Waals surface area contributed by atoms with Gasteiger partial charge in [-0.2, -0.15) is 0 Å². The summed E-state index contributed by atoms with van der Waals surface area (Å²) < 4.78 is 40.3. The Labute approximate surface area is 265 Å². The predicted molar refractivity (Wildman–Crippen MR) is 175 cm³/mol. The molecule has 0 radical (unpaired) electrons. The highest BCUT2D eigenvalue weighted by molar-refractivity contribution is 7.92. The highest BCUT2D eigenvalue weighted by Gasteiger charge is 2.35. The molecule has 0 spiro atoms. The summed E-state index contributed by atoms with van der Waals surface area (Å²) in [4.78, 5) is 29.8. The van der Waals surface area contributed by atoms with Gasteiger partial charge in [0.15, 0.2) is 0 Å². The van der Waals surface area contributed by atoms with Gasteiger partial charge in [0.1, 0.15) is 24.1 Å². The Morgan fingerprint density at radius 3 is 2.11 bits per heavy atom. The van der Waals surface area contributed by atoms with E-state index in [0.29, 0.717) is 18.7 Å². The molecule has 236 valence electrons. The van der Waals surface area contributed by atoms with Crippen LogP contribution in [0.1, 0.15) is 24.5 Å². The van der Waals surface area contributed by atoms with Gasteiger partial charge in [-0.3, -0.25) is 13.9 Å². The molecule has 0 heterocycles. The van der Waals surface area contributed by atoms with Gasteiger partial charge in [-0.15, -0.1) is 0 Å². The van der Waals surface area contributed by atoms with Crippen LogP contribution in [0.15, 0.2) is 114 Å². The number of hydrogen-bond donors (Lipinski definition) is 1. The van der Waals surface area contributed by atoms with Crippen LogP contribution in [-0.2, 0) is 32.6 Å². The number of hydrogen-bond acceptors (Lipinski definition) is 6. The molecule has 1 unspecified atom stereocenters. The summed E-state index contributed by atoms with van der Waals surface area (Å²) in [6, 6.07) is 30.3. The van der Waals surface area contributed by atoms with Crippen LogP contribution in [0.3, 0.4) is 0 Å². The summed E-state index contributed by atoms with van der Waals surface area (Å²) in [5.74, 6) is -0.00885. The molecule has 0 aliphatic rings. The quantitative estimate of drug-likeness (QED) is 0.197. The van der Waals surface area contributed by atoms with E-state index in [1.807, 2.05) is 43.3 Å². The number of benzene rings is 4. The van der Waals surface area contributed by atoms with Crippen molar-refractivity contribution in [3.05, 3.63) is 120 Å². The van der Waals surface area contributed by atoms with Crippen LogP contribution in [0.4, 0.5) is 5.69 Å². The van der Waals surface area contributed by atoms with Gasteiger partial charge in [0.05, 0.1) is 24.8 Å². The van der Waals surface area contributed by atoms with E-state index in [9.17, 15) is 18.0 Å². The van der Waals surface area contributed by atoms with Gasteiger partial charge in [0, 0.05) is 19.5 Å². The van der Waals surface area contributed by atoms with Gasteiger partial charge >= 0.3 is 0 Å². The number of amides is 2. The van der Waals surface area contributed by atoms with Gasteiger partial charge in [0.25, 0.3) is 10.0 Å². The summed E-state index contributed by atoms with van der Waals surface area (Å²) >= 11 is 0. The van der Waals surface area contributed by atoms with E-state index in [0.717, 1.165) is 15.4 Å². The molecule has 10 heteroatoms. The SMILES string of the molecule is CCCNC(=O)C(Cc1ccccc1)N(Cc1cccc(OC)c1)C(=O)CN(c1ccccc1OC)S(=O)(=O)c1ccccc1. The number of nitrogens with zero attached hydrogens (tertiary/aromatic N) is 2. The van der Waals surface area contributed by atoms with Crippen molar-refractivity contribution < 1.29 is 27.5 Å². The number of nitrogens with one attached hydrogen (secondary N) is 1. The van der Waals surface area contributed by atoms with Crippen molar-refractivity contribution in [3.8, 4) is 11.5 Å². The third-order valence-corrected chi connectivity index (χ3v) is 9.05. The first-order valence-electron chi connectivity index (χ1n) is 14.7. The van der Waals surface area contributed by atoms with E-state index < -0.39 is 28.5 Å². The number of sulfonamides is 1. The topological polar surface area (TPSA) is 105 Å². The van der Waals surface area contributed by atoms with Crippen LogP contribution in [-0.4, -0.2) is 58.5 Å². The van der Waals surface area contributed by atoms with E-state index in [2.05, 4.69) is 5.32 Å². The van der Waals surface area contributed by atoms with Crippen LogP contribution in [0, 0.1) is 0 Å². The summed E-state index contributed by atoms with van der Waals surface area (Å²) in [6.07, 6.45) is 0.941. The molecular weight excluding hydrogens is 590 g/mol. The van der Waals surface area contributed by atoms with E-state index in [1.54, 1.807) is 67.8 Å². The second-order valence-corrected chi connectivity index (χ2v) is 12.2. The molecule has 0 aliphatic carbocycles. The van der Waals surface area contributed by atoms with Crippen LogP contribution < -0.4 is 19.1 Å². The summed E-state index contributed by atoms with van der Waals surface area (Å²) in [7, 11) is -1.24. The third kappa shape index (κ3) is 8.42. The van der Waals surface area contributed by atoms with E-state index in [1.165, 1.54) is 24.1 Å². The molecule has 0 saturated heterocycles. The van der Waals surface area contributed by atoms with Crippen molar-refractivity contribution in [1.82, 2.24) is 10.2 Å². The van der Waals surface area contributed by atoms with Crippen LogP contribution in [0.2, 0.25) is 0 Å². The number of para-hydroxylation sites is 2. The molecule has 4 rings (SSSR count). The Balaban J connectivity index is 1.82. The number of carbonyl (C=O) groups is 2. The lowest BCUT2D eigenvalue weighted by Gasteiger charge is -2.34. The van der Waals surface area contributed by atoms with Crippen molar-refractivity contribution in [1.29, 1.82) is 0 Å². The molecule has 0 aromatic heterocycles. The number of anilines is 1. The third-order valence-electron chi connectivity index (χ3n) is 7.27. The number of methoxy groups -OCH3 is 2. The first-order valence-corrected chi connectivity index (χ1v) is 16.2. The zero-order chi connectivity index (χ0) is 32.2. The van der Waals surface area contributed by atoms with Gasteiger partial charge in [0.2, 0.25) is 11.8 Å². The molecule has 45 heavy (non-hydrogen) atoms.